The molecule has 1 aromatic heterocycles. The summed E-state index contributed by atoms with van der Waals surface area (Å²) in [6.45, 7) is 12.5. The van der Waals surface area contributed by atoms with Gasteiger partial charge in [0.05, 0.1) is 12.3 Å². The van der Waals surface area contributed by atoms with E-state index >= 15 is 0 Å². The van der Waals surface area contributed by atoms with Crippen LogP contribution >= 0.6 is 0 Å². The number of imidazole rings is 1. The van der Waals surface area contributed by atoms with Gasteiger partial charge in [0.25, 0.3) is 0 Å². The van der Waals surface area contributed by atoms with E-state index in [1.165, 1.54) is 25.7 Å². The smallest absolute Gasteiger partial charge is 0.327 e. The molecule has 7 nitrogen and oxygen atoms in total. The van der Waals surface area contributed by atoms with E-state index in [9.17, 15) is 4.79 Å². The first-order valence-electron chi connectivity index (χ1n) is 11.7. The number of aromatic nitrogens is 2. The molecule has 30 heavy (non-hydrogen) atoms. The molecule has 0 bridgehead atoms. The van der Waals surface area contributed by atoms with Gasteiger partial charge < -0.3 is 25.3 Å². The molecule has 1 aliphatic heterocycles. The third-order valence-corrected chi connectivity index (χ3v) is 5.81. The standard InChI is InChI=1S/C23H41N5O2/c1-5-7-17-30-22(18(3)6-2)26-21-20(19(4)24)25-23(29)28(21)16-12-15-27-13-10-8-9-11-14-27/h24,26H,5-17H2,1-4H3,(H,25,29)/b22-18-,24-19?. The number of allylic oxidation sites excluding steroid dienone is 1. The minimum atomic E-state index is -0.169. The van der Waals surface area contributed by atoms with Crippen molar-refractivity contribution in [3.8, 4) is 0 Å². The summed E-state index contributed by atoms with van der Waals surface area (Å²) in [6, 6.07) is 0. The summed E-state index contributed by atoms with van der Waals surface area (Å²) in [5, 5.41) is 11.5. The lowest BCUT2D eigenvalue weighted by Gasteiger charge is -2.20. The lowest BCUT2D eigenvalue weighted by atomic mass is 10.2. The molecule has 1 aromatic rings. The van der Waals surface area contributed by atoms with Crippen LogP contribution in [-0.2, 0) is 11.3 Å². The van der Waals surface area contributed by atoms with Crippen molar-refractivity contribution >= 4 is 11.5 Å². The molecular formula is C23H41N5O2. The molecule has 1 saturated heterocycles. The summed E-state index contributed by atoms with van der Waals surface area (Å²) >= 11 is 0. The zero-order valence-electron chi connectivity index (χ0n) is 19.4. The first-order chi connectivity index (χ1) is 14.5. The summed E-state index contributed by atoms with van der Waals surface area (Å²) in [4.78, 5) is 18.1. The first-order valence-corrected chi connectivity index (χ1v) is 11.7. The van der Waals surface area contributed by atoms with Gasteiger partial charge in [-0.15, -0.1) is 0 Å². The quantitative estimate of drug-likeness (QED) is 0.260. The minimum absolute atomic E-state index is 0.169. The minimum Gasteiger partial charge on any atom is -0.479 e. The van der Waals surface area contributed by atoms with Crippen molar-refractivity contribution < 1.29 is 4.74 Å². The molecule has 170 valence electrons. The second kappa shape index (κ2) is 12.6. The third-order valence-electron chi connectivity index (χ3n) is 5.81. The van der Waals surface area contributed by atoms with E-state index in [2.05, 4.69) is 29.0 Å². The largest absolute Gasteiger partial charge is 0.479 e. The average Bonchev–Trinajstić information content (AvgIpc) is 2.88. The molecule has 0 aliphatic carbocycles. The summed E-state index contributed by atoms with van der Waals surface area (Å²) in [7, 11) is 0. The molecule has 0 amide bonds. The number of hydrogen-bond donors (Lipinski definition) is 3. The van der Waals surface area contributed by atoms with Crippen molar-refractivity contribution in [3.63, 3.8) is 0 Å². The van der Waals surface area contributed by atoms with Crippen molar-refractivity contribution in [2.24, 2.45) is 0 Å². The Morgan fingerprint density at radius 1 is 1.10 bits per heavy atom. The Hall–Kier alpha value is -2.02. The van der Waals surface area contributed by atoms with Crippen LogP contribution in [0.25, 0.3) is 0 Å². The molecule has 0 unspecified atom stereocenters. The van der Waals surface area contributed by atoms with Crippen LogP contribution in [0.4, 0.5) is 5.82 Å². The van der Waals surface area contributed by atoms with Crippen LogP contribution in [0.1, 0.15) is 84.8 Å². The van der Waals surface area contributed by atoms with E-state index in [4.69, 9.17) is 10.1 Å². The van der Waals surface area contributed by atoms with Crippen molar-refractivity contribution in [2.75, 3.05) is 31.6 Å². The molecule has 2 rings (SSSR count). The molecule has 2 heterocycles. The molecule has 7 heteroatoms. The summed E-state index contributed by atoms with van der Waals surface area (Å²) in [5.74, 6) is 1.34. The van der Waals surface area contributed by atoms with Crippen molar-refractivity contribution in [1.29, 1.82) is 5.41 Å². The zero-order valence-corrected chi connectivity index (χ0v) is 19.4. The lowest BCUT2D eigenvalue weighted by Crippen LogP contribution is -2.28. The first kappa shape index (κ1) is 24.3. The summed E-state index contributed by atoms with van der Waals surface area (Å²) < 4.78 is 7.75. The summed E-state index contributed by atoms with van der Waals surface area (Å²) in [6.07, 6.45) is 9.01. The van der Waals surface area contributed by atoms with Gasteiger partial charge in [-0.25, -0.2) is 4.79 Å². The molecule has 1 aliphatic rings. The van der Waals surface area contributed by atoms with Crippen molar-refractivity contribution in [2.45, 2.75) is 85.6 Å². The van der Waals surface area contributed by atoms with Crippen LogP contribution in [0.15, 0.2) is 16.3 Å². The zero-order chi connectivity index (χ0) is 21.9. The van der Waals surface area contributed by atoms with Crippen molar-refractivity contribution in [3.05, 3.63) is 27.6 Å². The fourth-order valence-electron chi connectivity index (χ4n) is 3.75. The predicted molar refractivity (Wildman–Crippen MR) is 125 cm³/mol. The van der Waals surface area contributed by atoms with E-state index < -0.39 is 0 Å². The maximum atomic E-state index is 12.7. The Balaban J connectivity index is 2.17. The Kier molecular flexibility index (Phi) is 10.2. The Bertz CT molecular complexity index is 754. The Morgan fingerprint density at radius 2 is 1.80 bits per heavy atom. The molecule has 0 aromatic carbocycles. The van der Waals surface area contributed by atoms with Crippen LogP contribution in [-0.4, -0.2) is 46.4 Å². The van der Waals surface area contributed by atoms with Gasteiger partial charge in [-0.3, -0.25) is 4.57 Å². The highest BCUT2D eigenvalue weighted by Crippen LogP contribution is 2.20. The number of unbranched alkanes of at least 4 members (excludes halogenated alkanes) is 1. The number of likely N-dealkylation sites (tertiary alicyclic amines) is 1. The van der Waals surface area contributed by atoms with Crippen LogP contribution in [0.5, 0.6) is 0 Å². The fraction of sp³-hybridized carbons (Fsp3) is 0.739. The highest BCUT2D eigenvalue weighted by Gasteiger charge is 2.18. The maximum absolute atomic E-state index is 12.7. The third kappa shape index (κ3) is 7.04. The maximum Gasteiger partial charge on any atom is 0.327 e. The van der Waals surface area contributed by atoms with Crippen LogP contribution in [0, 0.1) is 5.41 Å². The van der Waals surface area contributed by atoms with Gasteiger partial charge >= 0.3 is 5.69 Å². The van der Waals surface area contributed by atoms with Gasteiger partial charge in [0.1, 0.15) is 11.5 Å². The highest BCUT2D eigenvalue weighted by atomic mass is 16.5. The molecule has 0 radical (unpaired) electrons. The van der Waals surface area contributed by atoms with E-state index in [1.54, 1.807) is 11.5 Å². The predicted octanol–water partition coefficient (Wildman–Crippen LogP) is 4.70. The normalized spacial score (nSPS) is 16.1. The van der Waals surface area contributed by atoms with Gasteiger partial charge in [0.2, 0.25) is 0 Å². The van der Waals surface area contributed by atoms with E-state index in [0.717, 1.165) is 50.9 Å². The van der Waals surface area contributed by atoms with E-state index in [1.807, 2.05) is 6.92 Å². The second-order valence-corrected chi connectivity index (χ2v) is 8.33. The van der Waals surface area contributed by atoms with Gasteiger partial charge in [-0.05, 0) is 71.2 Å². The monoisotopic (exact) mass is 419 g/mol. The van der Waals surface area contributed by atoms with Crippen LogP contribution in [0.3, 0.4) is 0 Å². The molecule has 0 atom stereocenters. The topological polar surface area (TPSA) is 86.1 Å². The van der Waals surface area contributed by atoms with Crippen LogP contribution < -0.4 is 11.0 Å². The molecular weight excluding hydrogens is 378 g/mol. The number of nitrogens with one attached hydrogen (secondary N) is 3. The number of nitrogens with zero attached hydrogens (tertiary/aromatic N) is 2. The molecule has 3 N–H and O–H groups in total. The van der Waals surface area contributed by atoms with Gasteiger partial charge in [-0.2, -0.15) is 0 Å². The summed E-state index contributed by atoms with van der Waals surface area (Å²) in [5.41, 5.74) is 1.81. The number of H-pyrrole nitrogens is 1. The highest BCUT2D eigenvalue weighted by molar-refractivity contribution is 5.99. The van der Waals surface area contributed by atoms with Gasteiger partial charge in [0, 0.05) is 6.54 Å². The van der Waals surface area contributed by atoms with Crippen molar-refractivity contribution in [1.82, 2.24) is 14.5 Å². The van der Waals surface area contributed by atoms with E-state index in [-0.39, 0.29) is 5.69 Å². The Morgan fingerprint density at radius 3 is 2.40 bits per heavy atom. The lowest BCUT2D eigenvalue weighted by molar-refractivity contribution is 0.208. The molecule has 1 fully saturated rings. The number of aromatic amines is 1. The fourth-order valence-corrected chi connectivity index (χ4v) is 3.75. The average molecular weight is 420 g/mol. The number of hydrogen-bond acceptors (Lipinski definition) is 5. The van der Waals surface area contributed by atoms with Gasteiger partial charge in [0.15, 0.2) is 5.88 Å². The van der Waals surface area contributed by atoms with E-state index in [0.29, 0.717) is 36.3 Å². The number of ether oxygens (including phenoxy) is 1. The molecule has 0 spiro atoms. The number of anilines is 1. The van der Waals surface area contributed by atoms with Crippen LogP contribution in [0.2, 0.25) is 0 Å². The number of rotatable bonds is 12. The van der Waals surface area contributed by atoms with Gasteiger partial charge in [-0.1, -0.05) is 33.1 Å². The SMILES string of the molecule is CCCCO/C(Nc1c(C(C)=N)[nH]c(=O)n1CCCN1CCCCCC1)=C(/C)CC. The molecule has 0 saturated carbocycles. The Labute approximate surface area is 181 Å². The second-order valence-electron chi connectivity index (χ2n) is 8.33.